The monoisotopic (exact) mass is 738 g/mol. The second-order valence-corrected chi connectivity index (χ2v) is 14.6. The van der Waals surface area contributed by atoms with Crippen molar-refractivity contribution in [2.45, 2.75) is 52.9 Å². The van der Waals surface area contributed by atoms with Gasteiger partial charge in [-0.1, -0.05) is 81.8 Å². The zero-order chi connectivity index (χ0) is 30.1. The number of hydrogen-bond donors (Lipinski definition) is 0. The summed E-state index contributed by atoms with van der Waals surface area (Å²) in [6.07, 6.45) is 2.20. The Morgan fingerprint density at radius 2 is 1.34 bits per heavy atom. The summed E-state index contributed by atoms with van der Waals surface area (Å²) in [5.74, 6) is 0. The van der Waals surface area contributed by atoms with Gasteiger partial charge in [-0.05, 0) is 6.42 Å². The molecule has 0 saturated heterocycles. The molecule has 5 aromatic rings. The van der Waals surface area contributed by atoms with Crippen molar-refractivity contribution in [2.24, 2.45) is 0 Å². The Kier molecular flexibility index (Phi) is 15.8. The SMILES string of the molecule is CCc1[cH-]c(C)cc1C(C)(C)C.Cl.Cl.Clc1ccc([CH]=[Zr]=[CH]c2ccc(Cl)cc2)cc1.[c-]1cccc2c1Cc1ccccc1-2. The second-order valence-electron chi connectivity index (χ2n) is 11.5. The summed E-state index contributed by atoms with van der Waals surface area (Å²) in [5, 5.41) is 1.57. The van der Waals surface area contributed by atoms with Gasteiger partial charge in [0.05, 0.1) is 0 Å². The maximum atomic E-state index is 5.84. The van der Waals surface area contributed by atoms with Crippen LogP contribution in [0, 0.1) is 13.0 Å². The van der Waals surface area contributed by atoms with Gasteiger partial charge in [0.1, 0.15) is 0 Å². The van der Waals surface area contributed by atoms with Gasteiger partial charge >= 0.3 is 123 Å². The molecule has 0 saturated carbocycles. The van der Waals surface area contributed by atoms with Gasteiger partial charge in [0.25, 0.3) is 0 Å². The fourth-order valence-electron chi connectivity index (χ4n) is 5.06. The predicted molar refractivity (Wildman–Crippen MR) is 196 cm³/mol. The maximum absolute atomic E-state index is 5.84. The van der Waals surface area contributed by atoms with E-state index in [4.69, 9.17) is 23.2 Å². The molecule has 0 unspecified atom stereocenters. The third-order valence-corrected chi connectivity index (χ3v) is 10.1. The van der Waals surface area contributed by atoms with E-state index in [1.165, 1.54) is 50.1 Å². The molecule has 0 atom stereocenters. The molecule has 0 fully saturated rings. The molecule has 0 aromatic heterocycles. The van der Waals surface area contributed by atoms with Gasteiger partial charge in [0.2, 0.25) is 0 Å². The molecule has 0 bridgehead atoms. The standard InChI is InChI=1S/C13H9.C12H19.2C7H5Cl.2ClH.Zr/c1-3-7-12-10(5-1)9-11-6-2-4-8-13(11)12;1-6-10-7-9(2)8-11(10)12(3,4)5;2*1-6-2-4-7(8)5-3-6;;;/h1-5,7-8H,9H2;7-8H,6H2,1-5H3;2*1-5H;2*1H;/q2*-1;;;;;. The van der Waals surface area contributed by atoms with Crippen molar-refractivity contribution < 1.29 is 22.3 Å². The number of aryl methyl sites for hydroxylation is 2. The Balaban J connectivity index is 0.000000229. The van der Waals surface area contributed by atoms with Gasteiger partial charge in [0.15, 0.2) is 0 Å². The molecule has 0 radical (unpaired) electrons. The molecule has 0 aliphatic heterocycles. The number of fused-ring (bicyclic) bond motifs is 3. The molecule has 0 N–H and O–H groups in total. The first-order chi connectivity index (χ1) is 20.1. The maximum Gasteiger partial charge on any atom is -0.0253 e. The van der Waals surface area contributed by atoms with Crippen molar-refractivity contribution >= 4 is 55.4 Å². The van der Waals surface area contributed by atoms with Crippen molar-refractivity contribution in [1.29, 1.82) is 0 Å². The van der Waals surface area contributed by atoms with Gasteiger partial charge < -0.3 is 0 Å². The zero-order valence-corrected chi connectivity index (χ0v) is 31.6. The topological polar surface area (TPSA) is 0 Å². The molecule has 44 heavy (non-hydrogen) atoms. The van der Waals surface area contributed by atoms with Crippen LogP contribution in [0.3, 0.4) is 0 Å². The third-order valence-electron chi connectivity index (χ3n) is 7.17. The van der Waals surface area contributed by atoms with Crippen LogP contribution in [0.15, 0.2) is 103 Å². The summed E-state index contributed by atoms with van der Waals surface area (Å²) < 4.78 is 4.66. The van der Waals surface area contributed by atoms with Crippen LogP contribution < -0.4 is 0 Å². The average Bonchev–Trinajstić information content (AvgIpc) is 3.56. The van der Waals surface area contributed by atoms with Crippen LogP contribution >= 0.6 is 48.0 Å². The van der Waals surface area contributed by atoms with Crippen LogP contribution in [-0.2, 0) is 40.5 Å². The van der Waals surface area contributed by atoms with Crippen molar-refractivity contribution in [1.82, 2.24) is 0 Å². The second kappa shape index (κ2) is 18.2. The number of benzene rings is 4. The van der Waals surface area contributed by atoms with Crippen LogP contribution in [0.4, 0.5) is 0 Å². The van der Waals surface area contributed by atoms with Crippen molar-refractivity contribution in [3.8, 4) is 11.1 Å². The van der Waals surface area contributed by atoms with Crippen LogP contribution in [0.2, 0.25) is 10.0 Å². The Bertz CT molecular complexity index is 1570. The van der Waals surface area contributed by atoms with Crippen molar-refractivity contribution in [2.75, 3.05) is 0 Å². The van der Waals surface area contributed by atoms with Gasteiger partial charge in [0, 0.05) is 0 Å². The smallest absolute Gasteiger partial charge is 0.0253 e. The summed E-state index contributed by atoms with van der Waals surface area (Å²) in [4.78, 5) is 0. The van der Waals surface area contributed by atoms with E-state index in [0.717, 1.165) is 22.9 Å². The van der Waals surface area contributed by atoms with E-state index in [2.05, 4.69) is 121 Å². The first-order valence-electron chi connectivity index (χ1n) is 14.4. The molecule has 5 aromatic carbocycles. The van der Waals surface area contributed by atoms with Crippen molar-refractivity contribution in [3.63, 3.8) is 0 Å². The minimum Gasteiger partial charge on any atom is -0.179 e. The molecule has 230 valence electrons. The number of halogens is 4. The van der Waals surface area contributed by atoms with Crippen LogP contribution in [0.25, 0.3) is 11.1 Å². The molecule has 0 nitrogen and oxygen atoms in total. The fourth-order valence-corrected chi connectivity index (χ4v) is 7.40. The Morgan fingerprint density at radius 1 is 0.795 bits per heavy atom. The molecule has 1 aliphatic rings. The van der Waals surface area contributed by atoms with Gasteiger partial charge in [-0.3, -0.25) is 0 Å². The molecule has 5 heteroatoms. The predicted octanol–water partition coefficient (Wildman–Crippen LogP) is 11.6. The minimum atomic E-state index is -0.623. The molecule has 0 heterocycles. The number of rotatable bonds is 3. The first-order valence-corrected chi connectivity index (χ1v) is 18.0. The van der Waals surface area contributed by atoms with E-state index >= 15 is 0 Å². The van der Waals surface area contributed by atoms with E-state index in [9.17, 15) is 0 Å². The summed E-state index contributed by atoms with van der Waals surface area (Å²) in [6.45, 7) is 11.2. The molecule has 6 rings (SSSR count). The normalized spacial score (nSPS) is 10.6. The van der Waals surface area contributed by atoms with Crippen LogP contribution in [0.5, 0.6) is 0 Å². The summed E-state index contributed by atoms with van der Waals surface area (Å²) >= 11 is 11.0. The fraction of sp³-hybridized carbons (Fsp3) is 0.205. The largest absolute Gasteiger partial charge is 0.179 e. The molecular formula is C39H40Cl4Zr-2. The van der Waals surface area contributed by atoms with Crippen LogP contribution in [-0.4, -0.2) is 7.42 Å². The molecule has 0 amide bonds. The van der Waals surface area contributed by atoms with E-state index in [-0.39, 0.29) is 24.8 Å². The molecular weight excluding hydrogens is 701 g/mol. The Hall–Kier alpha value is -1.99. The van der Waals surface area contributed by atoms with E-state index in [1.54, 1.807) is 0 Å². The van der Waals surface area contributed by atoms with Gasteiger partial charge in [-0.2, -0.15) is 52.6 Å². The zero-order valence-electron chi connectivity index (χ0n) is 26.0. The average molecular weight is 742 g/mol. The van der Waals surface area contributed by atoms with Crippen molar-refractivity contribution in [3.05, 3.63) is 158 Å². The van der Waals surface area contributed by atoms with E-state index in [1.807, 2.05) is 30.3 Å². The Labute approximate surface area is 297 Å². The number of hydrogen-bond acceptors (Lipinski definition) is 0. The van der Waals surface area contributed by atoms with Crippen LogP contribution in [0.1, 0.15) is 66.6 Å². The quantitative estimate of drug-likeness (QED) is 0.159. The molecule has 1 aliphatic carbocycles. The molecule has 0 spiro atoms. The third kappa shape index (κ3) is 11.1. The first kappa shape index (κ1) is 38.2. The summed E-state index contributed by atoms with van der Waals surface area (Å²) in [7, 11) is 0. The van der Waals surface area contributed by atoms with E-state index in [0.29, 0.717) is 5.41 Å². The van der Waals surface area contributed by atoms with Gasteiger partial charge in [-0.25, -0.2) is 6.07 Å². The summed E-state index contributed by atoms with van der Waals surface area (Å²) in [6, 6.07) is 38.7. The summed E-state index contributed by atoms with van der Waals surface area (Å²) in [5.41, 5.74) is 12.8. The minimum absolute atomic E-state index is 0. The van der Waals surface area contributed by atoms with Gasteiger partial charge in [-0.15, -0.1) is 30.4 Å². The van der Waals surface area contributed by atoms with E-state index < -0.39 is 22.3 Å². The Morgan fingerprint density at radius 3 is 1.86 bits per heavy atom.